The van der Waals surface area contributed by atoms with Crippen molar-refractivity contribution in [2.75, 3.05) is 23.7 Å². The van der Waals surface area contributed by atoms with Crippen molar-refractivity contribution in [1.82, 2.24) is 5.32 Å². The third kappa shape index (κ3) is 2.44. The van der Waals surface area contributed by atoms with E-state index in [1.54, 1.807) is 6.07 Å². The number of carbonyl (C=O) groups is 1. The van der Waals surface area contributed by atoms with Gasteiger partial charge in [0, 0.05) is 24.3 Å². The molecule has 1 amide bonds. The Morgan fingerprint density at radius 1 is 1.24 bits per heavy atom. The fraction of sp³-hybridized carbons (Fsp3) is 0.235. The molecule has 2 aromatic carbocycles. The molecule has 4 heteroatoms. The minimum atomic E-state index is -0.0856. The first-order valence-electron chi connectivity index (χ1n) is 7.24. The van der Waals surface area contributed by atoms with Crippen LogP contribution in [0.2, 0.25) is 0 Å². The molecule has 0 saturated heterocycles. The Morgan fingerprint density at radius 3 is 2.81 bits per heavy atom. The van der Waals surface area contributed by atoms with Gasteiger partial charge in [0.15, 0.2) is 0 Å². The monoisotopic (exact) mass is 281 g/mol. The Kier molecular flexibility index (Phi) is 3.52. The van der Waals surface area contributed by atoms with Gasteiger partial charge in [-0.1, -0.05) is 18.2 Å². The molecule has 108 valence electrons. The predicted octanol–water partition coefficient (Wildman–Crippen LogP) is 2.71. The lowest BCUT2D eigenvalue weighted by atomic mass is 10.1. The highest BCUT2D eigenvalue weighted by Crippen LogP contribution is 2.37. The standard InChI is InChI=1S/C17H19N3O/c1-2-19-17(21)13-7-8-16(14(18)11-13)20-10-9-12-5-3-4-6-15(12)20/h3-8,11H,2,9-10,18H2,1H3,(H,19,21). The van der Waals surface area contributed by atoms with E-state index in [0.29, 0.717) is 17.8 Å². The first-order chi connectivity index (χ1) is 10.2. The van der Waals surface area contributed by atoms with Crippen LogP contribution in [-0.4, -0.2) is 19.0 Å². The lowest BCUT2D eigenvalue weighted by Gasteiger charge is -2.21. The van der Waals surface area contributed by atoms with Crippen molar-refractivity contribution in [2.24, 2.45) is 0 Å². The van der Waals surface area contributed by atoms with E-state index in [-0.39, 0.29) is 5.91 Å². The van der Waals surface area contributed by atoms with Crippen molar-refractivity contribution in [3.63, 3.8) is 0 Å². The van der Waals surface area contributed by atoms with Crippen LogP contribution in [0.15, 0.2) is 42.5 Å². The Morgan fingerprint density at radius 2 is 2.05 bits per heavy atom. The molecular formula is C17H19N3O. The summed E-state index contributed by atoms with van der Waals surface area (Å²) < 4.78 is 0. The Balaban J connectivity index is 1.93. The number of anilines is 3. The summed E-state index contributed by atoms with van der Waals surface area (Å²) in [7, 11) is 0. The summed E-state index contributed by atoms with van der Waals surface area (Å²) in [6.45, 7) is 3.43. The zero-order chi connectivity index (χ0) is 14.8. The zero-order valence-corrected chi connectivity index (χ0v) is 12.1. The summed E-state index contributed by atoms with van der Waals surface area (Å²) in [4.78, 5) is 14.1. The predicted molar refractivity (Wildman–Crippen MR) is 86.0 cm³/mol. The van der Waals surface area contributed by atoms with Gasteiger partial charge in [0.2, 0.25) is 0 Å². The third-order valence-corrected chi connectivity index (χ3v) is 3.81. The SMILES string of the molecule is CCNC(=O)c1ccc(N2CCc3ccccc32)c(N)c1. The Hall–Kier alpha value is -2.49. The minimum Gasteiger partial charge on any atom is -0.397 e. The van der Waals surface area contributed by atoms with Crippen molar-refractivity contribution in [2.45, 2.75) is 13.3 Å². The van der Waals surface area contributed by atoms with Crippen molar-refractivity contribution < 1.29 is 4.79 Å². The van der Waals surface area contributed by atoms with E-state index in [0.717, 1.165) is 18.7 Å². The molecule has 1 heterocycles. The van der Waals surface area contributed by atoms with Crippen LogP contribution in [0, 0.1) is 0 Å². The zero-order valence-electron chi connectivity index (χ0n) is 12.1. The number of carbonyl (C=O) groups excluding carboxylic acids is 1. The molecule has 0 aliphatic carbocycles. The Labute approximate surface area is 124 Å². The maximum absolute atomic E-state index is 11.8. The molecule has 0 radical (unpaired) electrons. The van der Waals surface area contributed by atoms with Crippen LogP contribution in [0.4, 0.5) is 17.1 Å². The van der Waals surface area contributed by atoms with Gasteiger partial charge in [-0.3, -0.25) is 4.79 Å². The van der Waals surface area contributed by atoms with Crippen LogP contribution in [0.3, 0.4) is 0 Å². The maximum atomic E-state index is 11.8. The second-order valence-corrected chi connectivity index (χ2v) is 5.16. The molecule has 0 bridgehead atoms. The molecule has 1 aliphatic rings. The van der Waals surface area contributed by atoms with Crippen LogP contribution in [0.5, 0.6) is 0 Å². The van der Waals surface area contributed by atoms with E-state index in [2.05, 4.69) is 28.4 Å². The molecule has 3 rings (SSSR count). The van der Waals surface area contributed by atoms with Gasteiger partial charge in [0.25, 0.3) is 5.91 Å². The van der Waals surface area contributed by atoms with E-state index in [9.17, 15) is 4.79 Å². The van der Waals surface area contributed by atoms with Crippen molar-refractivity contribution in [3.05, 3.63) is 53.6 Å². The number of fused-ring (bicyclic) bond motifs is 1. The van der Waals surface area contributed by atoms with Gasteiger partial charge in [-0.2, -0.15) is 0 Å². The van der Waals surface area contributed by atoms with E-state index >= 15 is 0 Å². The highest BCUT2D eigenvalue weighted by atomic mass is 16.1. The first-order valence-corrected chi connectivity index (χ1v) is 7.24. The number of hydrogen-bond donors (Lipinski definition) is 2. The average Bonchev–Trinajstić information content (AvgIpc) is 2.91. The van der Waals surface area contributed by atoms with Crippen molar-refractivity contribution >= 4 is 23.0 Å². The van der Waals surface area contributed by atoms with Gasteiger partial charge in [-0.05, 0) is 43.2 Å². The van der Waals surface area contributed by atoms with E-state index in [1.165, 1.54) is 11.3 Å². The number of hydrogen-bond acceptors (Lipinski definition) is 3. The molecule has 0 fully saturated rings. The molecular weight excluding hydrogens is 262 g/mol. The largest absolute Gasteiger partial charge is 0.397 e. The molecule has 0 aromatic heterocycles. The maximum Gasteiger partial charge on any atom is 0.251 e. The molecule has 21 heavy (non-hydrogen) atoms. The molecule has 4 nitrogen and oxygen atoms in total. The summed E-state index contributed by atoms with van der Waals surface area (Å²) in [6, 6.07) is 13.9. The fourth-order valence-electron chi connectivity index (χ4n) is 2.79. The van der Waals surface area contributed by atoms with Crippen LogP contribution in [0.25, 0.3) is 0 Å². The minimum absolute atomic E-state index is 0.0856. The summed E-state index contributed by atoms with van der Waals surface area (Å²) in [5.74, 6) is -0.0856. The second kappa shape index (κ2) is 5.48. The number of benzene rings is 2. The van der Waals surface area contributed by atoms with Crippen LogP contribution in [0.1, 0.15) is 22.8 Å². The molecule has 0 spiro atoms. The van der Waals surface area contributed by atoms with Gasteiger partial charge in [-0.25, -0.2) is 0 Å². The number of nitrogens with zero attached hydrogens (tertiary/aromatic N) is 1. The molecule has 0 atom stereocenters. The van der Waals surface area contributed by atoms with Gasteiger partial charge < -0.3 is 16.0 Å². The lowest BCUT2D eigenvalue weighted by molar-refractivity contribution is 0.0956. The fourth-order valence-corrected chi connectivity index (χ4v) is 2.79. The van der Waals surface area contributed by atoms with Gasteiger partial charge >= 0.3 is 0 Å². The van der Waals surface area contributed by atoms with Crippen LogP contribution in [-0.2, 0) is 6.42 Å². The van der Waals surface area contributed by atoms with Crippen molar-refractivity contribution in [1.29, 1.82) is 0 Å². The van der Waals surface area contributed by atoms with Gasteiger partial charge in [-0.15, -0.1) is 0 Å². The highest BCUT2D eigenvalue weighted by Gasteiger charge is 2.21. The second-order valence-electron chi connectivity index (χ2n) is 5.16. The Bertz CT molecular complexity index is 681. The third-order valence-electron chi connectivity index (χ3n) is 3.81. The molecule has 0 saturated carbocycles. The molecule has 3 N–H and O–H groups in total. The lowest BCUT2D eigenvalue weighted by Crippen LogP contribution is -2.23. The van der Waals surface area contributed by atoms with Crippen molar-refractivity contribution in [3.8, 4) is 0 Å². The summed E-state index contributed by atoms with van der Waals surface area (Å²) in [5, 5.41) is 2.79. The topological polar surface area (TPSA) is 58.4 Å². The number of nitrogens with one attached hydrogen (secondary N) is 1. The number of amides is 1. The smallest absolute Gasteiger partial charge is 0.251 e. The molecule has 2 aromatic rings. The molecule has 1 aliphatic heterocycles. The van der Waals surface area contributed by atoms with Gasteiger partial charge in [0.1, 0.15) is 0 Å². The highest BCUT2D eigenvalue weighted by molar-refractivity contribution is 5.96. The first kappa shape index (κ1) is 13.5. The number of para-hydroxylation sites is 1. The van der Waals surface area contributed by atoms with E-state index in [4.69, 9.17) is 5.73 Å². The normalized spacial score (nSPS) is 13.1. The number of rotatable bonds is 3. The van der Waals surface area contributed by atoms with Crippen LogP contribution < -0.4 is 16.0 Å². The van der Waals surface area contributed by atoms with E-state index < -0.39 is 0 Å². The quantitative estimate of drug-likeness (QED) is 0.850. The molecule has 0 unspecified atom stereocenters. The number of nitrogens with two attached hydrogens (primary N) is 1. The summed E-state index contributed by atoms with van der Waals surface area (Å²) in [6.07, 6.45) is 1.02. The average molecular weight is 281 g/mol. The number of nitrogen functional groups attached to an aromatic ring is 1. The van der Waals surface area contributed by atoms with Gasteiger partial charge in [0.05, 0.1) is 11.4 Å². The summed E-state index contributed by atoms with van der Waals surface area (Å²) in [5.41, 5.74) is 10.9. The summed E-state index contributed by atoms with van der Waals surface area (Å²) >= 11 is 0. The van der Waals surface area contributed by atoms with Crippen LogP contribution >= 0.6 is 0 Å². The van der Waals surface area contributed by atoms with E-state index in [1.807, 2.05) is 25.1 Å².